The van der Waals surface area contributed by atoms with Gasteiger partial charge in [-0.15, -0.1) is 0 Å². The molecule has 0 saturated heterocycles. The molecule has 2 aliphatic carbocycles. The summed E-state index contributed by atoms with van der Waals surface area (Å²) in [5, 5.41) is 21.7. The first-order chi connectivity index (χ1) is 11.2. The average molecular weight is 310 g/mol. The largest absolute Gasteiger partial charge is 0.496 e. The van der Waals surface area contributed by atoms with Gasteiger partial charge in [0.1, 0.15) is 5.75 Å². The minimum atomic E-state index is 0.0379. The van der Waals surface area contributed by atoms with Gasteiger partial charge in [-0.25, -0.2) is 0 Å². The van der Waals surface area contributed by atoms with Crippen molar-refractivity contribution in [2.45, 2.75) is 31.1 Å². The number of rotatable bonds is 1. The number of aromatic amines is 2. The van der Waals surface area contributed by atoms with Gasteiger partial charge in [-0.3, -0.25) is 4.98 Å². The number of aromatic hydroxyl groups is 2. The number of methoxy groups -OCH3 is 1. The Balaban J connectivity index is 1.95. The molecule has 2 heterocycles. The molecule has 2 atom stereocenters. The van der Waals surface area contributed by atoms with Gasteiger partial charge in [-0.1, -0.05) is 12.5 Å². The number of hydrogen-bond acceptors (Lipinski definition) is 3. The number of nitrogens with one attached hydrogen (secondary N) is 2. The molecule has 0 bridgehead atoms. The fourth-order valence-electron chi connectivity index (χ4n) is 4.70. The third kappa shape index (κ3) is 1.47. The molecule has 1 saturated carbocycles. The lowest BCUT2D eigenvalue weighted by Crippen LogP contribution is -2.11. The third-order valence-corrected chi connectivity index (χ3v) is 5.54. The Morgan fingerprint density at radius 1 is 1.04 bits per heavy atom. The van der Waals surface area contributed by atoms with Crippen LogP contribution < -0.4 is 4.74 Å². The molecule has 2 aromatic heterocycles. The molecule has 0 radical (unpaired) electrons. The Bertz CT molecular complexity index is 938. The van der Waals surface area contributed by atoms with Gasteiger partial charge in [-0.05, 0) is 30.9 Å². The van der Waals surface area contributed by atoms with E-state index in [1.165, 1.54) is 0 Å². The first-order valence-corrected chi connectivity index (χ1v) is 8.03. The summed E-state index contributed by atoms with van der Waals surface area (Å²) in [6, 6.07) is 5.92. The molecule has 118 valence electrons. The molecule has 4 N–H and O–H groups in total. The molecular formula is C18H18N2O3. The van der Waals surface area contributed by atoms with Gasteiger partial charge in [0, 0.05) is 33.6 Å². The van der Waals surface area contributed by atoms with E-state index in [1.807, 2.05) is 18.2 Å². The highest BCUT2D eigenvalue weighted by molar-refractivity contribution is 6.05. The second-order valence-electron chi connectivity index (χ2n) is 6.55. The molecule has 0 spiro atoms. The van der Waals surface area contributed by atoms with Gasteiger partial charge in [0.15, 0.2) is 11.8 Å². The van der Waals surface area contributed by atoms with Crippen LogP contribution >= 0.6 is 0 Å². The monoisotopic (exact) mass is 310 g/mol. The highest BCUT2D eigenvalue weighted by Crippen LogP contribution is 2.61. The van der Waals surface area contributed by atoms with Crippen molar-refractivity contribution in [2.24, 2.45) is 0 Å². The molecule has 1 fully saturated rings. The van der Waals surface area contributed by atoms with Crippen molar-refractivity contribution in [2.75, 3.05) is 7.11 Å². The van der Waals surface area contributed by atoms with Crippen LogP contribution in [-0.2, 0) is 0 Å². The number of H-pyrrole nitrogens is 2. The lowest BCUT2D eigenvalue weighted by atomic mass is 9.77. The number of hydrogen-bond donors (Lipinski definition) is 4. The van der Waals surface area contributed by atoms with Crippen LogP contribution in [-0.4, -0.2) is 27.3 Å². The number of aromatic nitrogens is 2. The minimum Gasteiger partial charge on any atom is -0.496 e. The Hall–Kier alpha value is -2.56. The zero-order chi connectivity index (χ0) is 15.7. The normalized spacial score (nSPS) is 22.0. The van der Waals surface area contributed by atoms with Gasteiger partial charge in [0.25, 0.3) is 0 Å². The lowest BCUT2D eigenvalue weighted by molar-refractivity contribution is 0.420. The molecule has 0 amide bonds. The molecule has 0 aliphatic heterocycles. The standard InChI is InChI=1S/C18H18N2O3/c1-23-11-7-3-6-10-13(11)14-15-12(17(21)20-18(15)22)8-4-2-5-9(8)16(14)19-10/h3,6-9,19-22H,2,4-5H2,1H3. The second kappa shape index (κ2) is 4.25. The fourth-order valence-corrected chi connectivity index (χ4v) is 4.70. The summed E-state index contributed by atoms with van der Waals surface area (Å²) < 4.78 is 5.55. The second-order valence-corrected chi connectivity index (χ2v) is 6.55. The average Bonchev–Trinajstić information content (AvgIpc) is 3.22. The summed E-state index contributed by atoms with van der Waals surface area (Å²) in [5.74, 6) is 1.53. The van der Waals surface area contributed by atoms with Crippen LogP contribution in [0.15, 0.2) is 18.2 Å². The van der Waals surface area contributed by atoms with Gasteiger partial charge in [0.05, 0.1) is 12.7 Å². The Morgan fingerprint density at radius 3 is 2.70 bits per heavy atom. The van der Waals surface area contributed by atoms with Crippen LogP contribution in [0, 0.1) is 0 Å². The van der Waals surface area contributed by atoms with E-state index < -0.39 is 0 Å². The molecule has 5 heteroatoms. The van der Waals surface area contributed by atoms with Gasteiger partial charge >= 0.3 is 0 Å². The van der Waals surface area contributed by atoms with E-state index in [1.54, 1.807) is 7.11 Å². The van der Waals surface area contributed by atoms with Crippen LogP contribution in [0.5, 0.6) is 17.5 Å². The predicted octanol–water partition coefficient (Wildman–Crippen LogP) is 3.95. The van der Waals surface area contributed by atoms with Crippen molar-refractivity contribution in [3.63, 3.8) is 0 Å². The highest BCUT2D eigenvalue weighted by atomic mass is 16.5. The number of fused-ring (bicyclic) bond motifs is 8. The summed E-state index contributed by atoms with van der Waals surface area (Å²) in [4.78, 5) is 6.27. The zero-order valence-electron chi connectivity index (χ0n) is 12.8. The summed E-state index contributed by atoms with van der Waals surface area (Å²) >= 11 is 0. The maximum absolute atomic E-state index is 10.4. The Kier molecular flexibility index (Phi) is 2.39. The van der Waals surface area contributed by atoms with Crippen LogP contribution in [0.2, 0.25) is 0 Å². The molecule has 3 aromatic rings. The summed E-state index contributed by atoms with van der Waals surface area (Å²) in [5.41, 5.74) is 4.74. The van der Waals surface area contributed by atoms with E-state index >= 15 is 0 Å². The fraction of sp³-hybridized carbons (Fsp3) is 0.333. The van der Waals surface area contributed by atoms with E-state index in [4.69, 9.17) is 4.74 Å². The van der Waals surface area contributed by atoms with Crippen molar-refractivity contribution in [3.05, 3.63) is 29.5 Å². The first-order valence-electron chi connectivity index (χ1n) is 8.03. The smallest absolute Gasteiger partial charge is 0.199 e. The SMILES string of the molecule is COc1cccc2[nH]c3c(c12)-c1c(O)[nH]c(O)c1C1CCCC31. The summed E-state index contributed by atoms with van der Waals surface area (Å²) in [6.45, 7) is 0. The Morgan fingerprint density at radius 2 is 1.87 bits per heavy atom. The maximum Gasteiger partial charge on any atom is 0.199 e. The molecule has 5 rings (SSSR count). The lowest BCUT2D eigenvalue weighted by Gasteiger charge is -2.26. The predicted molar refractivity (Wildman–Crippen MR) is 87.3 cm³/mol. The van der Waals surface area contributed by atoms with Gasteiger partial charge in [0.2, 0.25) is 0 Å². The van der Waals surface area contributed by atoms with Crippen LogP contribution in [0.3, 0.4) is 0 Å². The zero-order valence-corrected chi connectivity index (χ0v) is 12.8. The van der Waals surface area contributed by atoms with E-state index in [0.717, 1.165) is 58.3 Å². The quantitative estimate of drug-likeness (QED) is 0.549. The van der Waals surface area contributed by atoms with Crippen molar-refractivity contribution >= 4 is 10.9 Å². The van der Waals surface area contributed by atoms with Gasteiger partial charge in [-0.2, -0.15) is 0 Å². The molecule has 2 aliphatic rings. The molecule has 23 heavy (non-hydrogen) atoms. The highest BCUT2D eigenvalue weighted by Gasteiger charge is 2.43. The van der Waals surface area contributed by atoms with Gasteiger partial charge < -0.3 is 19.9 Å². The topological polar surface area (TPSA) is 81.3 Å². The number of ether oxygens (including phenoxy) is 1. The summed E-state index contributed by atoms with van der Waals surface area (Å²) in [6.07, 6.45) is 3.26. The van der Waals surface area contributed by atoms with Crippen molar-refractivity contribution in [3.8, 4) is 28.6 Å². The van der Waals surface area contributed by atoms with Crippen LogP contribution in [0.25, 0.3) is 22.0 Å². The van der Waals surface area contributed by atoms with E-state index in [2.05, 4.69) is 9.97 Å². The Labute approximate surface area is 132 Å². The molecule has 5 nitrogen and oxygen atoms in total. The van der Waals surface area contributed by atoms with Crippen LogP contribution in [0.1, 0.15) is 42.4 Å². The van der Waals surface area contributed by atoms with Crippen molar-refractivity contribution in [1.29, 1.82) is 0 Å². The van der Waals surface area contributed by atoms with E-state index in [9.17, 15) is 10.2 Å². The molecule has 1 aromatic carbocycles. The molecular weight excluding hydrogens is 292 g/mol. The molecule has 2 unspecified atom stereocenters. The maximum atomic E-state index is 10.4. The van der Waals surface area contributed by atoms with E-state index in [0.29, 0.717) is 5.92 Å². The van der Waals surface area contributed by atoms with Crippen molar-refractivity contribution in [1.82, 2.24) is 9.97 Å². The number of benzene rings is 1. The van der Waals surface area contributed by atoms with E-state index in [-0.39, 0.29) is 17.7 Å². The first kappa shape index (κ1) is 12.9. The van der Waals surface area contributed by atoms with Crippen LogP contribution in [0.4, 0.5) is 0 Å². The third-order valence-electron chi connectivity index (χ3n) is 5.54. The summed E-state index contributed by atoms with van der Waals surface area (Å²) in [7, 11) is 1.66. The minimum absolute atomic E-state index is 0.0379. The van der Waals surface area contributed by atoms with Crippen molar-refractivity contribution < 1.29 is 14.9 Å².